The largest absolute Gasteiger partial charge is 0.349 e. The molecule has 2 aromatic rings. The maximum absolute atomic E-state index is 12.3. The lowest BCUT2D eigenvalue weighted by atomic mass is 10.3. The second kappa shape index (κ2) is 6.03. The molecule has 21 heavy (non-hydrogen) atoms. The van der Waals surface area contributed by atoms with Gasteiger partial charge in [-0.3, -0.25) is 9.20 Å². The van der Waals surface area contributed by atoms with Crippen LogP contribution < -0.4 is 10.2 Å². The van der Waals surface area contributed by atoms with E-state index in [0.717, 1.165) is 48.9 Å². The minimum Gasteiger partial charge on any atom is -0.349 e. The first-order valence-corrected chi connectivity index (χ1v) is 8.16. The minimum absolute atomic E-state index is 0.196. The van der Waals surface area contributed by atoms with Gasteiger partial charge in [-0.2, -0.15) is 0 Å². The van der Waals surface area contributed by atoms with Crippen molar-refractivity contribution >= 4 is 28.0 Å². The van der Waals surface area contributed by atoms with E-state index in [1.165, 1.54) is 0 Å². The van der Waals surface area contributed by atoms with Crippen LogP contribution in [0.1, 0.15) is 18.5 Å². The molecule has 0 aromatic carbocycles. The molecule has 1 fully saturated rings. The molecule has 1 aliphatic rings. The Bertz CT molecular complexity index is 628. The zero-order chi connectivity index (χ0) is 14.8. The zero-order valence-electron chi connectivity index (χ0n) is 12.5. The SMILES string of the molecule is CNCc1c(N(C)CC(=O)N2CCCC2)nc2sccn12. The van der Waals surface area contributed by atoms with Crippen molar-refractivity contribution in [2.45, 2.75) is 19.4 Å². The Hall–Kier alpha value is -1.60. The standard InChI is InChI=1S/C14H21N5OS/c1-15-9-11-13(16-14-19(11)7-8-21-14)17(2)10-12(20)18-5-3-4-6-18/h7-8,15H,3-6,9-10H2,1-2H3. The molecule has 1 aliphatic heterocycles. The summed E-state index contributed by atoms with van der Waals surface area (Å²) in [6.07, 6.45) is 4.28. The Kier molecular flexibility index (Phi) is 4.12. The number of likely N-dealkylation sites (tertiary alicyclic amines) is 1. The Morgan fingerprint density at radius 3 is 2.95 bits per heavy atom. The maximum Gasteiger partial charge on any atom is 0.242 e. The Labute approximate surface area is 128 Å². The fourth-order valence-corrected chi connectivity index (χ4v) is 3.53. The van der Waals surface area contributed by atoms with E-state index in [0.29, 0.717) is 6.54 Å². The number of rotatable bonds is 5. The summed E-state index contributed by atoms with van der Waals surface area (Å²) < 4.78 is 2.09. The van der Waals surface area contributed by atoms with E-state index >= 15 is 0 Å². The summed E-state index contributed by atoms with van der Waals surface area (Å²) in [5, 5.41) is 5.21. The molecule has 3 heterocycles. The first-order valence-electron chi connectivity index (χ1n) is 7.28. The van der Waals surface area contributed by atoms with E-state index in [4.69, 9.17) is 0 Å². The van der Waals surface area contributed by atoms with Crippen LogP contribution in [0.3, 0.4) is 0 Å². The highest BCUT2D eigenvalue weighted by atomic mass is 32.1. The van der Waals surface area contributed by atoms with Gasteiger partial charge in [0.15, 0.2) is 10.8 Å². The van der Waals surface area contributed by atoms with Crippen molar-refractivity contribution in [3.8, 4) is 0 Å². The molecular formula is C14H21N5OS. The van der Waals surface area contributed by atoms with Crippen LogP contribution in [-0.4, -0.2) is 53.9 Å². The molecule has 3 rings (SSSR count). The van der Waals surface area contributed by atoms with Crippen molar-refractivity contribution in [1.82, 2.24) is 19.6 Å². The van der Waals surface area contributed by atoms with E-state index in [1.807, 2.05) is 35.5 Å². The lowest BCUT2D eigenvalue weighted by Gasteiger charge is -2.22. The Morgan fingerprint density at radius 2 is 2.24 bits per heavy atom. The van der Waals surface area contributed by atoms with Crippen LogP contribution in [0, 0.1) is 0 Å². The average molecular weight is 307 g/mol. The van der Waals surface area contributed by atoms with Gasteiger partial charge < -0.3 is 15.1 Å². The molecule has 0 radical (unpaired) electrons. The number of hydrogen-bond donors (Lipinski definition) is 1. The van der Waals surface area contributed by atoms with Gasteiger partial charge in [0.2, 0.25) is 5.91 Å². The maximum atomic E-state index is 12.3. The van der Waals surface area contributed by atoms with Crippen molar-refractivity contribution in [1.29, 1.82) is 0 Å². The van der Waals surface area contributed by atoms with Gasteiger partial charge in [0.05, 0.1) is 12.2 Å². The Morgan fingerprint density at radius 1 is 1.48 bits per heavy atom. The molecule has 0 saturated carbocycles. The van der Waals surface area contributed by atoms with Gasteiger partial charge in [-0.15, -0.1) is 11.3 Å². The number of hydrogen-bond acceptors (Lipinski definition) is 5. The number of likely N-dealkylation sites (N-methyl/N-ethyl adjacent to an activating group) is 1. The van der Waals surface area contributed by atoms with Crippen LogP contribution in [0.4, 0.5) is 5.82 Å². The predicted octanol–water partition coefficient (Wildman–Crippen LogP) is 1.17. The van der Waals surface area contributed by atoms with Crippen LogP contribution in [-0.2, 0) is 11.3 Å². The lowest BCUT2D eigenvalue weighted by Crippen LogP contribution is -2.37. The molecule has 6 nitrogen and oxygen atoms in total. The summed E-state index contributed by atoms with van der Waals surface area (Å²) in [6.45, 7) is 2.92. The molecule has 2 aromatic heterocycles. The molecular weight excluding hydrogens is 286 g/mol. The second-order valence-electron chi connectivity index (χ2n) is 5.41. The summed E-state index contributed by atoms with van der Waals surface area (Å²) in [5.41, 5.74) is 1.10. The number of amides is 1. The molecule has 1 amide bonds. The summed E-state index contributed by atoms with van der Waals surface area (Å²) >= 11 is 1.61. The summed E-state index contributed by atoms with van der Waals surface area (Å²) in [7, 11) is 3.87. The third-order valence-electron chi connectivity index (χ3n) is 3.88. The fraction of sp³-hybridized carbons (Fsp3) is 0.571. The van der Waals surface area contributed by atoms with E-state index in [9.17, 15) is 4.79 Å². The van der Waals surface area contributed by atoms with Crippen molar-refractivity contribution < 1.29 is 4.79 Å². The molecule has 1 N–H and O–H groups in total. The lowest BCUT2D eigenvalue weighted by molar-refractivity contribution is -0.128. The van der Waals surface area contributed by atoms with Gasteiger partial charge in [0.25, 0.3) is 0 Å². The quantitative estimate of drug-likeness (QED) is 0.901. The van der Waals surface area contributed by atoms with Crippen LogP contribution in [0.15, 0.2) is 11.6 Å². The molecule has 0 atom stereocenters. The third kappa shape index (κ3) is 2.75. The highest BCUT2D eigenvalue weighted by Gasteiger charge is 2.22. The monoisotopic (exact) mass is 307 g/mol. The highest BCUT2D eigenvalue weighted by Crippen LogP contribution is 2.24. The molecule has 0 bridgehead atoms. The van der Waals surface area contributed by atoms with Crippen molar-refractivity contribution in [3.05, 3.63) is 17.3 Å². The van der Waals surface area contributed by atoms with Crippen LogP contribution in [0.2, 0.25) is 0 Å². The number of imidazole rings is 1. The van der Waals surface area contributed by atoms with Crippen LogP contribution >= 0.6 is 11.3 Å². The predicted molar refractivity (Wildman–Crippen MR) is 84.9 cm³/mol. The van der Waals surface area contributed by atoms with Gasteiger partial charge in [0.1, 0.15) is 0 Å². The Balaban J connectivity index is 1.79. The minimum atomic E-state index is 0.196. The van der Waals surface area contributed by atoms with E-state index in [-0.39, 0.29) is 5.91 Å². The highest BCUT2D eigenvalue weighted by molar-refractivity contribution is 7.15. The van der Waals surface area contributed by atoms with Crippen molar-refractivity contribution in [2.24, 2.45) is 0 Å². The van der Waals surface area contributed by atoms with E-state index in [1.54, 1.807) is 11.3 Å². The van der Waals surface area contributed by atoms with E-state index in [2.05, 4.69) is 14.7 Å². The van der Waals surface area contributed by atoms with Gasteiger partial charge in [-0.05, 0) is 19.9 Å². The second-order valence-corrected chi connectivity index (χ2v) is 6.28. The summed E-state index contributed by atoms with van der Waals surface area (Å²) in [4.78, 5) is 21.8. The van der Waals surface area contributed by atoms with E-state index < -0.39 is 0 Å². The first kappa shape index (κ1) is 14.3. The fourth-order valence-electron chi connectivity index (χ4n) is 2.80. The topological polar surface area (TPSA) is 52.9 Å². The molecule has 1 saturated heterocycles. The van der Waals surface area contributed by atoms with Crippen LogP contribution in [0.25, 0.3) is 4.96 Å². The molecule has 0 unspecified atom stereocenters. The zero-order valence-corrected chi connectivity index (χ0v) is 13.3. The molecule has 7 heteroatoms. The molecule has 0 spiro atoms. The number of carbonyl (C=O) groups is 1. The third-order valence-corrected chi connectivity index (χ3v) is 4.63. The normalized spacial score (nSPS) is 15.0. The van der Waals surface area contributed by atoms with Gasteiger partial charge in [0, 0.05) is 38.3 Å². The number of nitrogens with one attached hydrogen (secondary N) is 1. The smallest absolute Gasteiger partial charge is 0.242 e. The number of nitrogens with zero attached hydrogens (tertiary/aromatic N) is 4. The van der Waals surface area contributed by atoms with Gasteiger partial charge in [-0.25, -0.2) is 4.98 Å². The number of carbonyl (C=O) groups excluding carboxylic acids is 1. The number of thiazole rings is 1. The van der Waals surface area contributed by atoms with Crippen molar-refractivity contribution in [2.75, 3.05) is 38.6 Å². The molecule has 114 valence electrons. The summed E-state index contributed by atoms with van der Waals surface area (Å²) in [5.74, 6) is 1.09. The average Bonchev–Trinajstić information content (AvgIpc) is 3.16. The van der Waals surface area contributed by atoms with Crippen molar-refractivity contribution in [3.63, 3.8) is 0 Å². The number of anilines is 1. The van der Waals surface area contributed by atoms with Gasteiger partial charge >= 0.3 is 0 Å². The summed E-state index contributed by atoms with van der Waals surface area (Å²) in [6, 6.07) is 0. The number of aromatic nitrogens is 2. The van der Waals surface area contributed by atoms with Gasteiger partial charge in [-0.1, -0.05) is 0 Å². The number of fused-ring (bicyclic) bond motifs is 1. The van der Waals surface area contributed by atoms with Crippen LogP contribution in [0.5, 0.6) is 0 Å². The first-order chi connectivity index (χ1) is 10.2. The molecule has 0 aliphatic carbocycles.